The smallest absolute Gasteiger partial charge is 0.321 e. The lowest BCUT2D eigenvalue weighted by molar-refractivity contribution is -0.189. The van der Waals surface area contributed by atoms with Gasteiger partial charge in [0.1, 0.15) is 11.6 Å². The van der Waals surface area contributed by atoms with Gasteiger partial charge in [-0.2, -0.15) is 0 Å². The molecular weight excluding hydrogens is 306 g/mol. The van der Waals surface area contributed by atoms with E-state index in [0.29, 0.717) is 26.3 Å². The van der Waals surface area contributed by atoms with Crippen LogP contribution in [-0.4, -0.2) is 43.0 Å². The van der Waals surface area contributed by atoms with Crippen LogP contribution in [0.15, 0.2) is 18.2 Å². The topological polar surface area (TPSA) is 50.8 Å². The number of likely N-dealkylation sites (tertiary alicyclic amines) is 1. The predicted molar refractivity (Wildman–Crippen MR) is 80.0 cm³/mol. The number of amides is 2. The molecule has 2 amide bonds. The van der Waals surface area contributed by atoms with Gasteiger partial charge in [-0.05, 0) is 31.9 Å². The van der Waals surface area contributed by atoms with Crippen LogP contribution < -0.4 is 5.32 Å². The molecule has 0 saturated carbocycles. The van der Waals surface area contributed by atoms with Gasteiger partial charge >= 0.3 is 6.03 Å². The Morgan fingerprint density at radius 3 is 2.78 bits per heavy atom. The van der Waals surface area contributed by atoms with Crippen molar-refractivity contribution in [1.82, 2.24) is 4.90 Å². The first kappa shape index (κ1) is 16.1. The standard InChI is InChI=1S/C16H20F2N2O3/c1-16(22-7-8-23-16)11-3-2-6-20(10-11)15(21)19-14-5-4-12(17)9-13(14)18/h4-5,9,11H,2-3,6-8,10H2,1H3,(H,19,21)/t11-/m1/s1. The molecule has 0 unspecified atom stereocenters. The number of benzene rings is 1. The van der Waals surface area contributed by atoms with Gasteiger partial charge < -0.3 is 19.7 Å². The minimum absolute atomic E-state index is 0.0295. The second-order valence-corrected chi connectivity index (χ2v) is 6.05. The lowest BCUT2D eigenvalue weighted by Gasteiger charge is -2.39. The molecule has 2 heterocycles. The highest BCUT2D eigenvalue weighted by Crippen LogP contribution is 2.34. The van der Waals surface area contributed by atoms with Crippen molar-refractivity contribution in [2.45, 2.75) is 25.6 Å². The molecular formula is C16H20F2N2O3. The summed E-state index contributed by atoms with van der Waals surface area (Å²) >= 11 is 0. The molecule has 0 aliphatic carbocycles. The van der Waals surface area contributed by atoms with Gasteiger partial charge in [0, 0.05) is 25.1 Å². The largest absolute Gasteiger partial charge is 0.347 e. The maximum Gasteiger partial charge on any atom is 0.321 e. The fourth-order valence-corrected chi connectivity index (χ4v) is 3.14. The number of rotatable bonds is 2. The summed E-state index contributed by atoms with van der Waals surface area (Å²) in [5, 5.41) is 2.49. The first-order chi connectivity index (χ1) is 11.0. The Bertz CT molecular complexity index is 591. The first-order valence-electron chi connectivity index (χ1n) is 7.77. The SMILES string of the molecule is CC1([C@@H]2CCCN(C(=O)Nc3ccc(F)cc3F)C2)OCCO1. The number of ether oxygens (including phenoxy) is 2. The van der Waals surface area contributed by atoms with E-state index in [1.807, 2.05) is 6.92 Å². The van der Waals surface area contributed by atoms with E-state index in [9.17, 15) is 13.6 Å². The number of carbonyl (C=O) groups excluding carboxylic acids is 1. The molecule has 2 aliphatic heterocycles. The number of halogens is 2. The first-order valence-corrected chi connectivity index (χ1v) is 7.77. The zero-order valence-corrected chi connectivity index (χ0v) is 13.0. The van der Waals surface area contributed by atoms with Gasteiger partial charge in [0.05, 0.1) is 18.9 Å². The molecule has 3 rings (SSSR count). The van der Waals surface area contributed by atoms with Crippen LogP contribution >= 0.6 is 0 Å². The predicted octanol–water partition coefficient (Wildman–Crippen LogP) is 2.97. The van der Waals surface area contributed by atoms with E-state index in [1.165, 1.54) is 6.07 Å². The molecule has 0 spiro atoms. The minimum Gasteiger partial charge on any atom is -0.347 e. The quantitative estimate of drug-likeness (QED) is 0.909. The second kappa shape index (κ2) is 6.41. The van der Waals surface area contributed by atoms with Crippen LogP contribution in [0.2, 0.25) is 0 Å². The van der Waals surface area contributed by atoms with Crippen LogP contribution in [0.3, 0.4) is 0 Å². The number of anilines is 1. The zero-order valence-electron chi connectivity index (χ0n) is 13.0. The average molecular weight is 326 g/mol. The molecule has 1 atom stereocenters. The van der Waals surface area contributed by atoms with Crippen LogP contribution in [0, 0.1) is 17.6 Å². The fraction of sp³-hybridized carbons (Fsp3) is 0.562. The molecule has 0 aromatic heterocycles. The number of nitrogens with zero attached hydrogens (tertiary/aromatic N) is 1. The molecule has 2 fully saturated rings. The molecule has 2 aliphatic rings. The van der Waals surface area contributed by atoms with E-state index in [4.69, 9.17) is 9.47 Å². The third-order valence-corrected chi connectivity index (χ3v) is 4.48. The van der Waals surface area contributed by atoms with Crippen molar-refractivity contribution in [3.63, 3.8) is 0 Å². The fourth-order valence-electron chi connectivity index (χ4n) is 3.14. The summed E-state index contributed by atoms with van der Waals surface area (Å²) in [6.07, 6.45) is 1.73. The number of hydrogen-bond donors (Lipinski definition) is 1. The highest BCUT2D eigenvalue weighted by atomic mass is 19.1. The van der Waals surface area contributed by atoms with Crippen molar-refractivity contribution in [2.24, 2.45) is 5.92 Å². The lowest BCUT2D eigenvalue weighted by Crippen LogP contribution is -2.49. The second-order valence-electron chi connectivity index (χ2n) is 6.05. The molecule has 1 aromatic rings. The molecule has 7 heteroatoms. The summed E-state index contributed by atoms with van der Waals surface area (Å²) in [6.45, 7) is 4.07. The van der Waals surface area contributed by atoms with Crippen molar-refractivity contribution < 1.29 is 23.0 Å². The Balaban J connectivity index is 1.65. The third-order valence-electron chi connectivity index (χ3n) is 4.48. The maximum absolute atomic E-state index is 13.6. The Morgan fingerprint density at radius 1 is 1.35 bits per heavy atom. The average Bonchev–Trinajstić information content (AvgIpc) is 2.98. The van der Waals surface area contributed by atoms with Crippen LogP contribution in [0.4, 0.5) is 19.3 Å². The Hall–Kier alpha value is -1.73. The number of urea groups is 1. The number of carbonyl (C=O) groups is 1. The summed E-state index contributed by atoms with van der Waals surface area (Å²) in [7, 11) is 0. The summed E-state index contributed by atoms with van der Waals surface area (Å²) in [6, 6.07) is 2.67. The van der Waals surface area contributed by atoms with Crippen LogP contribution in [0.25, 0.3) is 0 Å². The molecule has 1 aromatic carbocycles. The minimum atomic E-state index is -0.790. The summed E-state index contributed by atoms with van der Waals surface area (Å²) in [4.78, 5) is 14.0. The van der Waals surface area contributed by atoms with Gasteiger partial charge in [-0.3, -0.25) is 0 Å². The molecule has 2 saturated heterocycles. The zero-order chi connectivity index (χ0) is 16.4. The van der Waals surface area contributed by atoms with Crippen molar-refractivity contribution in [2.75, 3.05) is 31.6 Å². The number of piperidine rings is 1. The Morgan fingerprint density at radius 2 is 2.09 bits per heavy atom. The molecule has 23 heavy (non-hydrogen) atoms. The maximum atomic E-state index is 13.6. The van der Waals surface area contributed by atoms with Gasteiger partial charge in [0.15, 0.2) is 5.79 Å². The van der Waals surface area contributed by atoms with E-state index in [0.717, 1.165) is 25.0 Å². The summed E-state index contributed by atoms with van der Waals surface area (Å²) < 4.78 is 37.9. The molecule has 0 radical (unpaired) electrons. The normalized spacial score (nSPS) is 23.8. The molecule has 5 nitrogen and oxygen atoms in total. The van der Waals surface area contributed by atoms with Gasteiger partial charge in [0.25, 0.3) is 0 Å². The van der Waals surface area contributed by atoms with Crippen molar-refractivity contribution in [3.05, 3.63) is 29.8 Å². The van der Waals surface area contributed by atoms with Gasteiger partial charge in [-0.1, -0.05) is 0 Å². The number of nitrogens with one attached hydrogen (secondary N) is 1. The van der Waals surface area contributed by atoms with E-state index < -0.39 is 23.5 Å². The van der Waals surface area contributed by atoms with Crippen molar-refractivity contribution in [1.29, 1.82) is 0 Å². The highest BCUT2D eigenvalue weighted by molar-refractivity contribution is 5.89. The van der Waals surface area contributed by atoms with Crippen molar-refractivity contribution in [3.8, 4) is 0 Å². The van der Waals surface area contributed by atoms with Gasteiger partial charge in [-0.25, -0.2) is 13.6 Å². The van der Waals surface area contributed by atoms with Crippen LogP contribution in [0.5, 0.6) is 0 Å². The van der Waals surface area contributed by atoms with Gasteiger partial charge in [0.2, 0.25) is 0 Å². The molecule has 1 N–H and O–H groups in total. The molecule has 126 valence electrons. The van der Waals surface area contributed by atoms with E-state index in [-0.39, 0.29) is 11.6 Å². The monoisotopic (exact) mass is 326 g/mol. The number of hydrogen-bond acceptors (Lipinski definition) is 3. The molecule has 0 bridgehead atoms. The summed E-state index contributed by atoms with van der Waals surface area (Å²) in [5.74, 6) is -2.06. The van der Waals surface area contributed by atoms with Crippen molar-refractivity contribution >= 4 is 11.7 Å². The van der Waals surface area contributed by atoms with E-state index >= 15 is 0 Å². The lowest BCUT2D eigenvalue weighted by atomic mass is 9.90. The van der Waals surface area contributed by atoms with Gasteiger partial charge in [-0.15, -0.1) is 0 Å². The van der Waals surface area contributed by atoms with E-state index in [2.05, 4.69) is 5.32 Å². The highest BCUT2D eigenvalue weighted by Gasteiger charge is 2.42. The van der Waals surface area contributed by atoms with Crippen LogP contribution in [0.1, 0.15) is 19.8 Å². The Kier molecular flexibility index (Phi) is 4.50. The third kappa shape index (κ3) is 3.45. The Labute approximate surface area is 133 Å². The van der Waals surface area contributed by atoms with Crippen LogP contribution in [-0.2, 0) is 9.47 Å². The summed E-state index contributed by atoms with van der Waals surface area (Å²) in [5.41, 5.74) is -0.0295. The van der Waals surface area contributed by atoms with E-state index in [1.54, 1.807) is 4.90 Å².